The maximum absolute atomic E-state index is 12.3. The predicted molar refractivity (Wildman–Crippen MR) is 81.2 cm³/mol. The van der Waals surface area contributed by atoms with Crippen LogP contribution in [0.2, 0.25) is 0 Å². The second-order valence-electron chi connectivity index (χ2n) is 6.32. The largest absolute Gasteiger partial charge is 0.367 e. The third-order valence-corrected chi connectivity index (χ3v) is 4.47. The van der Waals surface area contributed by atoms with Gasteiger partial charge in [0.1, 0.15) is 17.5 Å². The van der Waals surface area contributed by atoms with Crippen molar-refractivity contribution in [2.45, 2.75) is 44.2 Å². The van der Waals surface area contributed by atoms with E-state index in [4.69, 9.17) is 4.74 Å². The Balaban J connectivity index is 1.55. The van der Waals surface area contributed by atoms with Gasteiger partial charge in [0.15, 0.2) is 5.82 Å². The van der Waals surface area contributed by atoms with E-state index in [0.29, 0.717) is 25.5 Å². The number of nitrogens with one attached hydrogen (secondary N) is 2. The number of morpholine rings is 1. The molecule has 1 saturated heterocycles. The number of rotatable bonds is 4. The predicted octanol–water partition coefficient (Wildman–Crippen LogP) is 0.439. The maximum atomic E-state index is 12.3. The minimum absolute atomic E-state index is 0.0970. The number of carbonyl (C=O) groups is 1. The average molecular weight is 318 g/mol. The zero-order valence-corrected chi connectivity index (χ0v) is 13.3. The number of hydrogen-bond donors (Lipinski definition) is 2. The molecule has 1 atom stereocenters. The summed E-state index contributed by atoms with van der Waals surface area (Å²) in [6.45, 7) is 3.91. The molecule has 23 heavy (non-hydrogen) atoms. The van der Waals surface area contributed by atoms with Crippen LogP contribution in [0.4, 0.5) is 0 Å². The van der Waals surface area contributed by atoms with Gasteiger partial charge in [0, 0.05) is 13.1 Å². The number of carbonyl (C=O) groups excluding carboxylic acids is 1. The summed E-state index contributed by atoms with van der Waals surface area (Å²) in [4.78, 5) is 18.6. The molecule has 8 nitrogen and oxygen atoms in total. The molecule has 0 bridgehead atoms. The van der Waals surface area contributed by atoms with Gasteiger partial charge < -0.3 is 10.1 Å². The minimum atomic E-state index is -0.663. The van der Waals surface area contributed by atoms with Gasteiger partial charge in [-0.25, -0.2) is 4.98 Å². The summed E-state index contributed by atoms with van der Waals surface area (Å²) in [5.41, 5.74) is -0.663. The Morgan fingerprint density at radius 3 is 3.00 bits per heavy atom. The van der Waals surface area contributed by atoms with Crippen molar-refractivity contribution in [1.29, 1.82) is 5.26 Å². The normalized spacial score (nSPS) is 24.3. The van der Waals surface area contributed by atoms with E-state index in [9.17, 15) is 10.1 Å². The maximum Gasteiger partial charge on any atom is 0.235 e. The number of nitrogens with zero attached hydrogens (tertiary/aromatic N) is 4. The molecule has 2 fully saturated rings. The molecule has 0 aromatic carbocycles. The summed E-state index contributed by atoms with van der Waals surface area (Å²) in [6, 6.07) is 2.28. The molecular formula is C15H22N6O2. The van der Waals surface area contributed by atoms with Crippen LogP contribution in [0.5, 0.6) is 0 Å². The van der Waals surface area contributed by atoms with Gasteiger partial charge in [-0.15, -0.1) is 0 Å². The standard InChI is InChI=1S/C15H22N6O2/c1-11-17-14(20-19-11)12-8-21(6-7-23-12)9-13(22)18-15(10-16)4-2-3-5-15/h12H,2-9H2,1H3,(H,18,22)(H,17,19,20)/t12-/m0/s1. The van der Waals surface area contributed by atoms with Crippen molar-refractivity contribution < 1.29 is 9.53 Å². The van der Waals surface area contributed by atoms with Crippen molar-refractivity contribution >= 4 is 5.91 Å². The molecule has 0 radical (unpaired) electrons. The SMILES string of the molecule is Cc1nc([C@@H]2CN(CC(=O)NC3(C#N)CCCC3)CCO2)n[nH]1. The number of amides is 1. The van der Waals surface area contributed by atoms with Crippen molar-refractivity contribution in [2.24, 2.45) is 0 Å². The second-order valence-corrected chi connectivity index (χ2v) is 6.32. The average Bonchev–Trinajstić information content (AvgIpc) is 3.17. The number of aromatic amines is 1. The molecule has 2 aliphatic rings. The van der Waals surface area contributed by atoms with Crippen molar-refractivity contribution in [3.8, 4) is 6.07 Å². The number of ether oxygens (including phenoxy) is 1. The van der Waals surface area contributed by atoms with Gasteiger partial charge in [0.25, 0.3) is 0 Å². The number of aromatic nitrogens is 3. The highest BCUT2D eigenvalue weighted by Gasteiger charge is 2.36. The fraction of sp³-hybridized carbons (Fsp3) is 0.733. The van der Waals surface area contributed by atoms with E-state index in [-0.39, 0.29) is 18.6 Å². The Morgan fingerprint density at radius 1 is 1.57 bits per heavy atom. The molecule has 1 aromatic rings. The molecule has 124 valence electrons. The number of aryl methyl sites for hydroxylation is 1. The Bertz CT molecular complexity index is 601. The summed E-state index contributed by atoms with van der Waals surface area (Å²) < 4.78 is 5.69. The molecule has 1 aliphatic heterocycles. The van der Waals surface area contributed by atoms with Crippen LogP contribution >= 0.6 is 0 Å². The molecule has 1 aliphatic carbocycles. The van der Waals surface area contributed by atoms with Crippen molar-refractivity contribution in [3.05, 3.63) is 11.6 Å². The Morgan fingerprint density at radius 2 is 2.35 bits per heavy atom. The Hall–Kier alpha value is -1.98. The molecule has 2 N–H and O–H groups in total. The van der Waals surface area contributed by atoms with Crippen LogP contribution in [-0.4, -0.2) is 57.8 Å². The van der Waals surface area contributed by atoms with Crippen LogP contribution in [0.15, 0.2) is 0 Å². The first-order chi connectivity index (χ1) is 11.1. The van der Waals surface area contributed by atoms with E-state index in [1.54, 1.807) is 0 Å². The van der Waals surface area contributed by atoms with Gasteiger partial charge in [0.2, 0.25) is 5.91 Å². The molecule has 8 heteroatoms. The zero-order valence-electron chi connectivity index (χ0n) is 13.3. The van der Waals surface area contributed by atoms with E-state index >= 15 is 0 Å². The monoisotopic (exact) mass is 318 g/mol. The Kier molecular flexibility index (Phi) is 4.59. The summed E-state index contributed by atoms with van der Waals surface area (Å²) in [5, 5.41) is 19.2. The van der Waals surface area contributed by atoms with Gasteiger partial charge in [-0.2, -0.15) is 10.4 Å². The van der Waals surface area contributed by atoms with Gasteiger partial charge in [-0.3, -0.25) is 14.8 Å². The third kappa shape index (κ3) is 3.68. The van der Waals surface area contributed by atoms with Gasteiger partial charge in [0.05, 0.1) is 19.2 Å². The van der Waals surface area contributed by atoms with Crippen molar-refractivity contribution in [3.63, 3.8) is 0 Å². The highest BCUT2D eigenvalue weighted by molar-refractivity contribution is 5.79. The summed E-state index contributed by atoms with van der Waals surface area (Å²) in [7, 11) is 0. The first-order valence-corrected chi connectivity index (χ1v) is 8.05. The van der Waals surface area contributed by atoms with E-state index in [1.807, 2.05) is 11.8 Å². The summed E-state index contributed by atoms with van der Waals surface area (Å²) in [6.07, 6.45) is 3.27. The lowest BCUT2D eigenvalue weighted by Gasteiger charge is -2.32. The molecule has 2 heterocycles. The van der Waals surface area contributed by atoms with Crippen LogP contribution < -0.4 is 5.32 Å². The van der Waals surface area contributed by atoms with E-state index in [2.05, 4.69) is 26.6 Å². The third-order valence-electron chi connectivity index (χ3n) is 4.47. The number of nitriles is 1. The minimum Gasteiger partial charge on any atom is -0.367 e. The number of hydrogen-bond acceptors (Lipinski definition) is 6. The van der Waals surface area contributed by atoms with Gasteiger partial charge in [-0.1, -0.05) is 0 Å². The summed E-state index contributed by atoms with van der Waals surface area (Å²) in [5.74, 6) is 1.27. The fourth-order valence-electron chi connectivity index (χ4n) is 3.26. The first-order valence-electron chi connectivity index (χ1n) is 8.05. The zero-order chi connectivity index (χ0) is 16.3. The molecule has 0 unspecified atom stereocenters. The smallest absolute Gasteiger partial charge is 0.235 e. The van der Waals surface area contributed by atoms with Gasteiger partial charge >= 0.3 is 0 Å². The van der Waals surface area contributed by atoms with Crippen molar-refractivity contribution in [2.75, 3.05) is 26.2 Å². The van der Waals surface area contributed by atoms with E-state index in [1.165, 1.54) is 0 Å². The highest BCUT2D eigenvalue weighted by Crippen LogP contribution is 2.28. The topological polar surface area (TPSA) is 107 Å². The first kappa shape index (κ1) is 15.9. The molecule has 1 saturated carbocycles. The molecule has 1 amide bonds. The van der Waals surface area contributed by atoms with Crippen LogP contribution in [0.25, 0.3) is 0 Å². The highest BCUT2D eigenvalue weighted by atomic mass is 16.5. The molecule has 0 spiro atoms. The quantitative estimate of drug-likeness (QED) is 0.834. The van der Waals surface area contributed by atoms with E-state index < -0.39 is 5.54 Å². The van der Waals surface area contributed by atoms with Gasteiger partial charge in [-0.05, 0) is 32.6 Å². The lowest BCUT2D eigenvalue weighted by Crippen LogP contribution is -2.51. The van der Waals surface area contributed by atoms with Crippen LogP contribution in [-0.2, 0) is 9.53 Å². The lowest BCUT2D eigenvalue weighted by molar-refractivity contribution is -0.125. The summed E-state index contributed by atoms with van der Waals surface area (Å²) >= 11 is 0. The Labute approximate surface area is 135 Å². The number of H-pyrrole nitrogens is 1. The van der Waals surface area contributed by atoms with Crippen LogP contribution in [0.1, 0.15) is 43.4 Å². The lowest BCUT2D eigenvalue weighted by atomic mass is 10.00. The second kappa shape index (κ2) is 6.64. The molecular weight excluding hydrogens is 296 g/mol. The fourth-order valence-corrected chi connectivity index (χ4v) is 3.26. The van der Waals surface area contributed by atoms with Crippen LogP contribution in [0, 0.1) is 18.3 Å². The van der Waals surface area contributed by atoms with E-state index in [0.717, 1.165) is 31.5 Å². The van der Waals surface area contributed by atoms with Crippen molar-refractivity contribution in [1.82, 2.24) is 25.4 Å². The molecule has 3 rings (SSSR count). The van der Waals surface area contributed by atoms with Crippen LogP contribution in [0.3, 0.4) is 0 Å². The molecule has 1 aromatic heterocycles.